The molecule has 1 atom stereocenters. The summed E-state index contributed by atoms with van der Waals surface area (Å²) in [6.45, 7) is 4.14. The molecule has 21 heavy (non-hydrogen) atoms. The summed E-state index contributed by atoms with van der Waals surface area (Å²) in [4.78, 5) is 2.44. The van der Waals surface area contributed by atoms with Gasteiger partial charge in [-0.15, -0.1) is 0 Å². The maximum absolute atomic E-state index is 12.7. The van der Waals surface area contributed by atoms with Crippen molar-refractivity contribution < 1.29 is 8.42 Å². The van der Waals surface area contributed by atoms with Crippen LogP contribution in [0.4, 0.5) is 0 Å². The molecule has 118 valence electrons. The van der Waals surface area contributed by atoms with Crippen LogP contribution in [0.15, 0.2) is 23.1 Å². The molecule has 0 radical (unpaired) electrons. The van der Waals surface area contributed by atoms with Gasteiger partial charge in [-0.3, -0.25) is 0 Å². The number of halogens is 1. The maximum atomic E-state index is 12.7. The van der Waals surface area contributed by atoms with Gasteiger partial charge in [0, 0.05) is 37.2 Å². The van der Waals surface area contributed by atoms with E-state index >= 15 is 0 Å². The van der Waals surface area contributed by atoms with Crippen LogP contribution >= 0.6 is 11.6 Å². The number of benzene rings is 1. The van der Waals surface area contributed by atoms with Gasteiger partial charge in [0.1, 0.15) is 0 Å². The summed E-state index contributed by atoms with van der Waals surface area (Å²) in [6, 6.07) is 5.02. The van der Waals surface area contributed by atoms with Crippen LogP contribution in [0.2, 0.25) is 5.02 Å². The molecule has 5 nitrogen and oxygen atoms in total. The molecule has 1 saturated heterocycles. The minimum atomic E-state index is -3.49. The lowest BCUT2D eigenvalue weighted by molar-refractivity contribution is 0.144. The Kier molecular flexibility index (Phi) is 5.27. The second-order valence-corrected chi connectivity index (χ2v) is 7.71. The van der Waals surface area contributed by atoms with Gasteiger partial charge < -0.3 is 10.6 Å². The van der Waals surface area contributed by atoms with E-state index in [9.17, 15) is 8.42 Å². The molecule has 0 aliphatic carbocycles. The van der Waals surface area contributed by atoms with Crippen molar-refractivity contribution in [3.63, 3.8) is 0 Å². The molecule has 1 aromatic rings. The maximum Gasteiger partial charge on any atom is 0.243 e. The third-order valence-corrected chi connectivity index (χ3v) is 6.31. The third-order valence-electron chi connectivity index (χ3n) is 4.09. The molecule has 2 N–H and O–H groups in total. The Bertz CT molecular complexity index is 606. The van der Waals surface area contributed by atoms with Gasteiger partial charge in [-0.05, 0) is 31.2 Å². The van der Waals surface area contributed by atoms with Crippen LogP contribution in [0.25, 0.3) is 0 Å². The quantitative estimate of drug-likeness (QED) is 0.908. The molecule has 1 aliphatic rings. The first-order chi connectivity index (χ1) is 9.90. The van der Waals surface area contributed by atoms with Gasteiger partial charge in [-0.1, -0.05) is 24.6 Å². The van der Waals surface area contributed by atoms with E-state index in [2.05, 4.69) is 11.8 Å². The van der Waals surface area contributed by atoms with Gasteiger partial charge in [-0.25, -0.2) is 8.42 Å². The summed E-state index contributed by atoms with van der Waals surface area (Å²) in [7, 11) is -1.46. The van der Waals surface area contributed by atoms with Crippen molar-refractivity contribution in [2.24, 2.45) is 5.73 Å². The van der Waals surface area contributed by atoms with Gasteiger partial charge in [0.2, 0.25) is 10.0 Å². The molecule has 1 aliphatic heterocycles. The molecular weight excluding hydrogens is 310 g/mol. The van der Waals surface area contributed by atoms with Gasteiger partial charge in [0.15, 0.2) is 0 Å². The number of nitrogens with zero attached hydrogens (tertiary/aromatic N) is 2. The second kappa shape index (κ2) is 6.62. The van der Waals surface area contributed by atoms with E-state index in [-0.39, 0.29) is 10.9 Å². The van der Waals surface area contributed by atoms with Crippen LogP contribution < -0.4 is 5.73 Å². The summed E-state index contributed by atoms with van der Waals surface area (Å²) in [6.07, 6.45) is 0.926. The Labute approximate surface area is 131 Å². The average Bonchev–Trinajstić information content (AvgIpc) is 2.47. The van der Waals surface area contributed by atoms with Crippen molar-refractivity contribution in [2.45, 2.75) is 30.8 Å². The van der Waals surface area contributed by atoms with E-state index in [4.69, 9.17) is 17.3 Å². The van der Waals surface area contributed by atoms with Crippen LogP contribution in [0, 0.1) is 0 Å². The highest BCUT2D eigenvalue weighted by molar-refractivity contribution is 7.89. The molecule has 0 bridgehead atoms. The largest absolute Gasteiger partial charge is 0.326 e. The number of sulfonamides is 1. The first-order valence-electron chi connectivity index (χ1n) is 7.09. The fourth-order valence-electron chi connectivity index (χ4n) is 2.58. The van der Waals surface area contributed by atoms with E-state index in [1.807, 2.05) is 7.05 Å². The van der Waals surface area contributed by atoms with Crippen molar-refractivity contribution in [1.29, 1.82) is 0 Å². The standard InChI is InChI=1S/C14H22ClN3O2S/c1-3-12-10-18(7-6-17(12)2)21(19,20)13-5-4-11(9-16)14(15)8-13/h4-5,8,12H,3,6-7,9-10,16H2,1-2H3. The number of hydrogen-bond acceptors (Lipinski definition) is 4. The third kappa shape index (κ3) is 3.40. The summed E-state index contributed by atoms with van der Waals surface area (Å²) >= 11 is 6.08. The minimum Gasteiger partial charge on any atom is -0.326 e. The van der Waals surface area contributed by atoms with Crippen molar-refractivity contribution in [3.05, 3.63) is 28.8 Å². The van der Waals surface area contributed by atoms with Crippen LogP contribution in [-0.4, -0.2) is 50.3 Å². The first-order valence-corrected chi connectivity index (χ1v) is 8.90. The summed E-state index contributed by atoms with van der Waals surface area (Å²) in [5, 5.41) is 0.403. The fraction of sp³-hybridized carbons (Fsp3) is 0.571. The minimum absolute atomic E-state index is 0.240. The zero-order valence-electron chi connectivity index (χ0n) is 12.4. The van der Waals surface area contributed by atoms with Gasteiger partial charge in [-0.2, -0.15) is 4.31 Å². The van der Waals surface area contributed by atoms with Crippen LogP contribution in [0.1, 0.15) is 18.9 Å². The number of hydrogen-bond donors (Lipinski definition) is 1. The fourth-order valence-corrected chi connectivity index (χ4v) is 4.40. The highest BCUT2D eigenvalue weighted by Gasteiger charge is 2.32. The number of rotatable bonds is 4. The van der Waals surface area contributed by atoms with E-state index in [1.54, 1.807) is 16.4 Å². The average molecular weight is 332 g/mol. The molecule has 0 amide bonds. The monoisotopic (exact) mass is 331 g/mol. The van der Waals surface area contributed by atoms with Crippen molar-refractivity contribution in [2.75, 3.05) is 26.7 Å². The van der Waals surface area contributed by atoms with Gasteiger partial charge >= 0.3 is 0 Å². The number of nitrogens with two attached hydrogens (primary N) is 1. The predicted molar refractivity (Wildman–Crippen MR) is 84.8 cm³/mol. The lowest BCUT2D eigenvalue weighted by Crippen LogP contribution is -2.52. The number of likely N-dealkylation sites (N-methyl/N-ethyl adjacent to an activating group) is 1. The van der Waals surface area contributed by atoms with Crippen LogP contribution in [0.3, 0.4) is 0 Å². The molecule has 2 rings (SSSR count). The molecule has 1 aromatic carbocycles. The SMILES string of the molecule is CCC1CN(S(=O)(=O)c2ccc(CN)c(Cl)c2)CCN1C. The highest BCUT2D eigenvalue weighted by atomic mass is 35.5. The molecule has 1 fully saturated rings. The van der Waals surface area contributed by atoms with E-state index in [0.717, 1.165) is 18.5 Å². The Morgan fingerprint density at radius 1 is 1.38 bits per heavy atom. The number of piperazine rings is 1. The van der Waals surface area contributed by atoms with E-state index in [0.29, 0.717) is 24.7 Å². The normalized spacial score (nSPS) is 21.6. The highest BCUT2D eigenvalue weighted by Crippen LogP contribution is 2.25. The molecule has 0 saturated carbocycles. The summed E-state index contributed by atoms with van der Waals surface area (Å²) in [5.41, 5.74) is 6.30. The summed E-state index contributed by atoms with van der Waals surface area (Å²) < 4.78 is 27.0. The van der Waals surface area contributed by atoms with Crippen LogP contribution in [0.5, 0.6) is 0 Å². The van der Waals surface area contributed by atoms with E-state index < -0.39 is 10.0 Å². The summed E-state index contributed by atoms with van der Waals surface area (Å²) in [5.74, 6) is 0. The molecular formula is C14H22ClN3O2S. The molecule has 1 unspecified atom stereocenters. The Hall–Kier alpha value is -0.660. The molecule has 1 heterocycles. The zero-order valence-corrected chi connectivity index (χ0v) is 14.0. The first kappa shape index (κ1) is 16.7. The van der Waals surface area contributed by atoms with Crippen molar-refractivity contribution >= 4 is 21.6 Å². The molecule has 0 spiro atoms. The second-order valence-electron chi connectivity index (χ2n) is 5.36. The topological polar surface area (TPSA) is 66.6 Å². The zero-order chi connectivity index (χ0) is 15.6. The van der Waals surface area contributed by atoms with Crippen molar-refractivity contribution in [3.8, 4) is 0 Å². The molecule has 7 heteroatoms. The lowest BCUT2D eigenvalue weighted by Gasteiger charge is -2.38. The molecule has 0 aromatic heterocycles. The Balaban J connectivity index is 2.27. The Morgan fingerprint density at radius 3 is 2.67 bits per heavy atom. The van der Waals surface area contributed by atoms with Gasteiger partial charge in [0.05, 0.1) is 4.90 Å². The Morgan fingerprint density at radius 2 is 2.10 bits per heavy atom. The smallest absolute Gasteiger partial charge is 0.243 e. The van der Waals surface area contributed by atoms with Gasteiger partial charge in [0.25, 0.3) is 0 Å². The predicted octanol–water partition coefficient (Wildman–Crippen LogP) is 1.51. The van der Waals surface area contributed by atoms with Crippen LogP contribution in [-0.2, 0) is 16.6 Å². The van der Waals surface area contributed by atoms with Crippen molar-refractivity contribution in [1.82, 2.24) is 9.21 Å². The lowest BCUT2D eigenvalue weighted by atomic mass is 10.1. The van der Waals surface area contributed by atoms with E-state index in [1.165, 1.54) is 6.07 Å².